The summed E-state index contributed by atoms with van der Waals surface area (Å²) in [6.07, 6.45) is 5.88. The van der Waals surface area contributed by atoms with Gasteiger partial charge in [-0.25, -0.2) is 8.42 Å². The fourth-order valence-electron chi connectivity index (χ4n) is 2.98. The zero-order valence-corrected chi connectivity index (χ0v) is 11.5. The molecule has 1 aliphatic carbocycles. The summed E-state index contributed by atoms with van der Waals surface area (Å²) in [7, 11) is -3.04. The monoisotopic (exact) mass is 260 g/mol. The minimum Gasteiger partial charge on any atom is -0.314 e. The highest BCUT2D eigenvalue weighted by Gasteiger charge is 2.31. The SMILES string of the molecule is C[C@@H]1CNCCN1S(=O)(=O)CC1CCCCC1. The lowest BCUT2D eigenvalue weighted by Gasteiger charge is -2.34. The molecule has 1 atom stereocenters. The molecule has 1 aliphatic heterocycles. The van der Waals surface area contributed by atoms with Crippen molar-refractivity contribution >= 4 is 10.0 Å². The average molecular weight is 260 g/mol. The number of hydrogen-bond donors (Lipinski definition) is 1. The predicted octanol–water partition coefficient (Wildman–Crippen LogP) is 1.19. The fourth-order valence-corrected chi connectivity index (χ4v) is 5.10. The Labute approximate surface area is 105 Å². The summed E-state index contributed by atoms with van der Waals surface area (Å²) in [4.78, 5) is 0. The van der Waals surface area contributed by atoms with Crippen LogP contribution in [0.2, 0.25) is 0 Å². The van der Waals surface area contributed by atoms with E-state index >= 15 is 0 Å². The van der Waals surface area contributed by atoms with Crippen molar-refractivity contribution in [3.05, 3.63) is 0 Å². The van der Waals surface area contributed by atoms with Crippen LogP contribution in [0.25, 0.3) is 0 Å². The molecular formula is C12H24N2O2S. The van der Waals surface area contributed by atoms with Gasteiger partial charge in [0.15, 0.2) is 0 Å². The molecule has 0 unspecified atom stereocenters. The minimum absolute atomic E-state index is 0.109. The molecule has 2 aliphatic rings. The summed E-state index contributed by atoms with van der Waals surface area (Å²) in [6.45, 7) is 4.19. The van der Waals surface area contributed by atoms with Crippen LogP contribution in [0.4, 0.5) is 0 Å². The highest BCUT2D eigenvalue weighted by atomic mass is 32.2. The van der Waals surface area contributed by atoms with E-state index in [1.807, 2.05) is 6.92 Å². The van der Waals surface area contributed by atoms with Gasteiger partial charge in [-0.3, -0.25) is 0 Å². The van der Waals surface area contributed by atoms with Gasteiger partial charge in [-0.15, -0.1) is 0 Å². The first-order valence-electron chi connectivity index (χ1n) is 6.80. The number of piperazine rings is 1. The van der Waals surface area contributed by atoms with Crippen molar-refractivity contribution in [2.45, 2.75) is 45.1 Å². The first-order chi connectivity index (χ1) is 8.09. The second-order valence-electron chi connectivity index (χ2n) is 5.45. The van der Waals surface area contributed by atoms with Crippen LogP contribution in [0.15, 0.2) is 0 Å². The van der Waals surface area contributed by atoms with E-state index in [9.17, 15) is 8.42 Å². The van der Waals surface area contributed by atoms with E-state index < -0.39 is 10.0 Å². The van der Waals surface area contributed by atoms with Crippen LogP contribution >= 0.6 is 0 Å². The van der Waals surface area contributed by atoms with Crippen LogP contribution in [0, 0.1) is 5.92 Å². The molecule has 5 heteroatoms. The molecule has 0 amide bonds. The van der Waals surface area contributed by atoms with Crippen LogP contribution in [0.5, 0.6) is 0 Å². The van der Waals surface area contributed by atoms with Gasteiger partial charge in [-0.05, 0) is 25.7 Å². The van der Waals surface area contributed by atoms with E-state index in [0.29, 0.717) is 18.2 Å². The summed E-state index contributed by atoms with van der Waals surface area (Å²) >= 11 is 0. The van der Waals surface area contributed by atoms with Gasteiger partial charge in [0.25, 0.3) is 0 Å². The lowest BCUT2D eigenvalue weighted by atomic mass is 9.91. The number of nitrogens with zero attached hydrogens (tertiary/aromatic N) is 1. The maximum Gasteiger partial charge on any atom is 0.214 e. The van der Waals surface area contributed by atoms with E-state index in [-0.39, 0.29) is 6.04 Å². The lowest BCUT2D eigenvalue weighted by molar-refractivity contribution is 0.279. The van der Waals surface area contributed by atoms with Crippen LogP contribution in [-0.2, 0) is 10.0 Å². The Balaban J connectivity index is 1.96. The van der Waals surface area contributed by atoms with Gasteiger partial charge < -0.3 is 5.32 Å². The summed E-state index contributed by atoms with van der Waals surface area (Å²) in [6, 6.07) is 0.109. The van der Waals surface area contributed by atoms with Gasteiger partial charge in [0.1, 0.15) is 0 Å². The van der Waals surface area contributed by atoms with Crippen molar-refractivity contribution in [1.29, 1.82) is 0 Å². The molecule has 17 heavy (non-hydrogen) atoms. The number of rotatable bonds is 3. The third kappa shape index (κ3) is 3.42. The van der Waals surface area contributed by atoms with Gasteiger partial charge >= 0.3 is 0 Å². The van der Waals surface area contributed by atoms with Crippen LogP contribution in [0.1, 0.15) is 39.0 Å². The van der Waals surface area contributed by atoms with Crippen molar-refractivity contribution in [2.24, 2.45) is 5.92 Å². The van der Waals surface area contributed by atoms with Crippen LogP contribution in [0.3, 0.4) is 0 Å². The van der Waals surface area contributed by atoms with Gasteiger partial charge in [0, 0.05) is 25.7 Å². The molecule has 0 bridgehead atoms. The fraction of sp³-hybridized carbons (Fsp3) is 1.00. The first-order valence-corrected chi connectivity index (χ1v) is 8.41. The van der Waals surface area contributed by atoms with E-state index in [2.05, 4.69) is 5.32 Å². The third-order valence-corrected chi connectivity index (χ3v) is 6.12. The largest absolute Gasteiger partial charge is 0.314 e. The molecular weight excluding hydrogens is 236 g/mol. The Morgan fingerprint density at radius 2 is 1.94 bits per heavy atom. The van der Waals surface area contributed by atoms with Gasteiger partial charge in [-0.2, -0.15) is 4.31 Å². The second-order valence-corrected chi connectivity index (χ2v) is 7.41. The van der Waals surface area contributed by atoms with Crippen molar-refractivity contribution < 1.29 is 8.42 Å². The highest BCUT2D eigenvalue weighted by molar-refractivity contribution is 7.89. The smallest absolute Gasteiger partial charge is 0.214 e. The topological polar surface area (TPSA) is 49.4 Å². The molecule has 1 heterocycles. The molecule has 100 valence electrons. The molecule has 0 aromatic heterocycles. The number of nitrogens with one attached hydrogen (secondary N) is 1. The van der Waals surface area contributed by atoms with Crippen LogP contribution in [-0.4, -0.2) is 44.2 Å². The highest BCUT2D eigenvalue weighted by Crippen LogP contribution is 2.26. The molecule has 0 radical (unpaired) electrons. The molecule has 2 rings (SSSR count). The molecule has 0 aromatic rings. The molecule has 2 fully saturated rings. The van der Waals surface area contributed by atoms with Gasteiger partial charge in [-0.1, -0.05) is 19.3 Å². The first kappa shape index (κ1) is 13.3. The summed E-state index contributed by atoms with van der Waals surface area (Å²) in [5, 5.41) is 3.23. The lowest BCUT2D eigenvalue weighted by Crippen LogP contribution is -2.53. The molecule has 0 spiro atoms. The number of hydrogen-bond acceptors (Lipinski definition) is 3. The number of sulfonamides is 1. The molecule has 1 N–H and O–H groups in total. The van der Waals surface area contributed by atoms with Crippen LogP contribution < -0.4 is 5.32 Å². The summed E-state index contributed by atoms with van der Waals surface area (Å²) in [5.41, 5.74) is 0. The van der Waals surface area contributed by atoms with Gasteiger partial charge in [0.2, 0.25) is 10.0 Å². The van der Waals surface area contributed by atoms with E-state index in [1.54, 1.807) is 4.31 Å². The Kier molecular flexibility index (Phi) is 4.44. The Hall–Kier alpha value is -0.130. The van der Waals surface area contributed by atoms with Crippen molar-refractivity contribution in [1.82, 2.24) is 9.62 Å². The Bertz CT molecular complexity index is 336. The standard InChI is InChI=1S/C12H24N2O2S/c1-11-9-13-7-8-14(11)17(15,16)10-12-5-3-2-4-6-12/h11-13H,2-10H2,1H3/t11-/m1/s1. The zero-order chi connectivity index (χ0) is 12.3. The predicted molar refractivity (Wildman–Crippen MR) is 69.4 cm³/mol. The van der Waals surface area contributed by atoms with Crippen molar-refractivity contribution in [3.8, 4) is 0 Å². The van der Waals surface area contributed by atoms with E-state index in [1.165, 1.54) is 19.3 Å². The zero-order valence-electron chi connectivity index (χ0n) is 10.7. The maximum atomic E-state index is 12.4. The summed E-state index contributed by atoms with van der Waals surface area (Å²) < 4.78 is 26.4. The molecule has 1 saturated carbocycles. The second kappa shape index (κ2) is 5.67. The summed E-state index contributed by atoms with van der Waals surface area (Å²) in [5.74, 6) is 0.771. The van der Waals surface area contributed by atoms with Crippen molar-refractivity contribution in [3.63, 3.8) is 0 Å². The minimum atomic E-state index is -3.04. The maximum absolute atomic E-state index is 12.4. The van der Waals surface area contributed by atoms with Crippen molar-refractivity contribution in [2.75, 3.05) is 25.4 Å². The average Bonchev–Trinajstić information content (AvgIpc) is 2.30. The molecule has 1 saturated heterocycles. The quantitative estimate of drug-likeness (QED) is 0.829. The Morgan fingerprint density at radius 1 is 1.24 bits per heavy atom. The van der Waals surface area contributed by atoms with Gasteiger partial charge in [0.05, 0.1) is 5.75 Å². The molecule has 0 aromatic carbocycles. The normalized spacial score (nSPS) is 29.4. The van der Waals surface area contributed by atoms with E-state index in [4.69, 9.17) is 0 Å². The third-order valence-electron chi connectivity index (χ3n) is 3.97. The van der Waals surface area contributed by atoms with E-state index in [0.717, 1.165) is 25.9 Å². The Morgan fingerprint density at radius 3 is 2.59 bits per heavy atom. The molecule has 4 nitrogen and oxygen atoms in total.